The zero-order valence-corrected chi connectivity index (χ0v) is 13.3. The van der Waals surface area contributed by atoms with E-state index in [-0.39, 0.29) is 22.5 Å². The summed E-state index contributed by atoms with van der Waals surface area (Å²) in [5.74, 6) is -1.88. The van der Waals surface area contributed by atoms with Gasteiger partial charge in [0.05, 0.1) is 11.0 Å². The Morgan fingerprint density at radius 3 is 2.61 bits per heavy atom. The van der Waals surface area contributed by atoms with E-state index >= 15 is 0 Å². The molecule has 2 amide bonds. The van der Waals surface area contributed by atoms with Gasteiger partial charge in [0.15, 0.2) is 11.5 Å². The molecule has 2 N–H and O–H groups in total. The molecule has 1 aromatic carbocycles. The van der Waals surface area contributed by atoms with Crippen molar-refractivity contribution in [3.63, 3.8) is 0 Å². The van der Waals surface area contributed by atoms with Crippen molar-refractivity contribution in [3.05, 3.63) is 28.7 Å². The SMILES string of the molecule is CC(C)OC(=O)CN1C(=O)S/C(=C\c2ccc(O)c(O)c2)C1=O. The number of phenolic OH excluding ortho intramolecular Hbond substituents is 2. The van der Waals surface area contributed by atoms with Crippen molar-refractivity contribution < 1.29 is 29.3 Å². The maximum absolute atomic E-state index is 12.2. The molecule has 1 heterocycles. The highest BCUT2D eigenvalue weighted by Crippen LogP contribution is 2.33. The number of hydrogen-bond acceptors (Lipinski definition) is 7. The number of esters is 1. The molecule has 0 bridgehead atoms. The van der Waals surface area contributed by atoms with Crippen LogP contribution < -0.4 is 0 Å². The Morgan fingerprint density at radius 1 is 1.30 bits per heavy atom. The van der Waals surface area contributed by atoms with Crippen LogP contribution in [-0.4, -0.2) is 44.9 Å². The average molecular weight is 337 g/mol. The molecule has 8 heteroatoms. The number of hydrogen-bond donors (Lipinski definition) is 2. The lowest BCUT2D eigenvalue weighted by atomic mass is 10.2. The van der Waals surface area contributed by atoms with Crippen molar-refractivity contribution in [1.29, 1.82) is 0 Å². The minimum atomic E-state index is -0.661. The van der Waals surface area contributed by atoms with Gasteiger partial charge in [-0.15, -0.1) is 0 Å². The summed E-state index contributed by atoms with van der Waals surface area (Å²) in [7, 11) is 0. The summed E-state index contributed by atoms with van der Waals surface area (Å²) in [6, 6.07) is 4.01. The maximum Gasteiger partial charge on any atom is 0.326 e. The zero-order valence-electron chi connectivity index (χ0n) is 12.5. The number of thioether (sulfide) groups is 1. The van der Waals surface area contributed by atoms with E-state index in [2.05, 4.69) is 0 Å². The normalized spacial score (nSPS) is 16.5. The van der Waals surface area contributed by atoms with Crippen LogP contribution in [0.15, 0.2) is 23.1 Å². The van der Waals surface area contributed by atoms with Crippen LogP contribution >= 0.6 is 11.8 Å². The van der Waals surface area contributed by atoms with Crippen molar-refractivity contribution >= 4 is 35.0 Å². The van der Waals surface area contributed by atoms with Gasteiger partial charge < -0.3 is 14.9 Å². The lowest BCUT2D eigenvalue weighted by molar-refractivity contribution is -0.149. The Bertz CT molecular complexity index is 697. The predicted molar refractivity (Wildman–Crippen MR) is 83.7 cm³/mol. The Morgan fingerprint density at radius 2 is 2.00 bits per heavy atom. The number of nitrogens with zero attached hydrogens (tertiary/aromatic N) is 1. The summed E-state index contributed by atoms with van der Waals surface area (Å²) in [5, 5.41) is 18.1. The highest BCUT2D eigenvalue weighted by atomic mass is 32.2. The molecule has 1 aliphatic heterocycles. The lowest BCUT2D eigenvalue weighted by Crippen LogP contribution is -2.35. The third-order valence-corrected chi connectivity index (χ3v) is 3.73. The Labute approximate surface area is 136 Å². The molecule has 1 aliphatic rings. The highest BCUT2D eigenvalue weighted by Gasteiger charge is 2.36. The van der Waals surface area contributed by atoms with Crippen LogP contribution in [-0.2, 0) is 14.3 Å². The van der Waals surface area contributed by atoms with Gasteiger partial charge in [-0.2, -0.15) is 0 Å². The maximum atomic E-state index is 12.2. The van der Waals surface area contributed by atoms with Gasteiger partial charge >= 0.3 is 5.97 Å². The quantitative estimate of drug-likeness (QED) is 0.492. The Balaban J connectivity index is 2.15. The zero-order chi connectivity index (χ0) is 17.1. The molecule has 23 heavy (non-hydrogen) atoms. The van der Waals surface area contributed by atoms with Crippen LogP contribution in [0.5, 0.6) is 11.5 Å². The van der Waals surface area contributed by atoms with Gasteiger partial charge in [-0.1, -0.05) is 6.07 Å². The van der Waals surface area contributed by atoms with Crippen molar-refractivity contribution in [2.24, 2.45) is 0 Å². The van der Waals surface area contributed by atoms with Crippen LogP contribution in [0.4, 0.5) is 4.79 Å². The van der Waals surface area contributed by atoms with E-state index in [1.165, 1.54) is 24.3 Å². The molecule has 1 fully saturated rings. The smallest absolute Gasteiger partial charge is 0.326 e. The molecule has 0 aliphatic carbocycles. The number of phenols is 2. The first kappa shape index (κ1) is 16.9. The van der Waals surface area contributed by atoms with Gasteiger partial charge in [-0.25, -0.2) is 0 Å². The van der Waals surface area contributed by atoms with Crippen molar-refractivity contribution in [2.75, 3.05) is 6.54 Å². The molecular weight excluding hydrogens is 322 g/mol. The molecule has 122 valence electrons. The second-order valence-corrected chi connectivity index (χ2v) is 6.05. The van der Waals surface area contributed by atoms with Gasteiger partial charge in [-0.05, 0) is 49.4 Å². The Hall–Kier alpha value is -2.48. The lowest BCUT2D eigenvalue weighted by Gasteiger charge is -2.13. The van der Waals surface area contributed by atoms with Gasteiger partial charge in [-0.3, -0.25) is 19.3 Å². The van der Waals surface area contributed by atoms with Crippen molar-refractivity contribution in [1.82, 2.24) is 4.90 Å². The highest BCUT2D eigenvalue weighted by molar-refractivity contribution is 8.18. The molecule has 1 aromatic rings. The molecule has 0 atom stereocenters. The van der Waals surface area contributed by atoms with E-state index in [9.17, 15) is 24.6 Å². The third kappa shape index (κ3) is 4.04. The van der Waals surface area contributed by atoms with Gasteiger partial charge in [0, 0.05) is 0 Å². The van der Waals surface area contributed by atoms with Crippen molar-refractivity contribution in [2.45, 2.75) is 20.0 Å². The van der Waals surface area contributed by atoms with E-state index in [0.717, 1.165) is 4.90 Å². The van der Waals surface area contributed by atoms with E-state index in [1.807, 2.05) is 0 Å². The van der Waals surface area contributed by atoms with E-state index in [4.69, 9.17) is 4.74 Å². The van der Waals surface area contributed by atoms with E-state index < -0.39 is 23.7 Å². The molecule has 0 unspecified atom stereocenters. The number of imide groups is 1. The molecule has 7 nitrogen and oxygen atoms in total. The fraction of sp³-hybridized carbons (Fsp3) is 0.267. The fourth-order valence-corrected chi connectivity index (χ4v) is 2.69. The van der Waals surface area contributed by atoms with Crippen molar-refractivity contribution in [3.8, 4) is 11.5 Å². The number of aromatic hydroxyl groups is 2. The summed E-state index contributed by atoms with van der Waals surface area (Å²) in [5.41, 5.74) is 0.440. The van der Waals surface area contributed by atoms with Gasteiger partial charge in [0.2, 0.25) is 0 Å². The van der Waals surface area contributed by atoms with Crippen LogP contribution in [0.2, 0.25) is 0 Å². The Kier molecular flexibility index (Phi) is 4.95. The summed E-state index contributed by atoms with van der Waals surface area (Å²) >= 11 is 0.694. The topological polar surface area (TPSA) is 104 Å². The summed E-state index contributed by atoms with van der Waals surface area (Å²) < 4.78 is 4.92. The van der Waals surface area contributed by atoms with Crippen LogP contribution in [0, 0.1) is 0 Å². The minimum absolute atomic E-state index is 0.123. The van der Waals surface area contributed by atoms with Crippen LogP contribution in [0.25, 0.3) is 6.08 Å². The standard InChI is InChI=1S/C15H15NO6S/c1-8(2)22-13(19)7-16-14(20)12(23-15(16)21)6-9-3-4-10(17)11(18)5-9/h3-6,8,17-18H,7H2,1-2H3/b12-6-. The number of ether oxygens (including phenoxy) is 1. The molecule has 0 aromatic heterocycles. The summed E-state index contributed by atoms with van der Waals surface area (Å²) in [6.07, 6.45) is 1.07. The molecular formula is C15H15NO6S. The third-order valence-electron chi connectivity index (χ3n) is 2.83. The number of rotatable bonds is 4. The fourth-order valence-electron chi connectivity index (χ4n) is 1.85. The molecule has 1 saturated heterocycles. The second-order valence-electron chi connectivity index (χ2n) is 5.05. The van der Waals surface area contributed by atoms with Crippen LogP contribution in [0.3, 0.4) is 0 Å². The molecule has 0 radical (unpaired) electrons. The summed E-state index contributed by atoms with van der Waals surface area (Å²) in [4.78, 5) is 36.6. The molecule has 0 saturated carbocycles. The number of carbonyl (C=O) groups excluding carboxylic acids is 3. The van der Waals surface area contributed by atoms with E-state index in [0.29, 0.717) is 17.3 Å². The first-order valence-corrected chi connectivity index (χ1v) is 7.56. The molecule has 0 spiro atoms. The largest absolute Gasteiger partial charge is 0.504 e. The second kappa shape index (κ2) is 6.74. The predicted octanol–water partition coefficient (Wildman–Crippen LogP) is 2.09. The summed E-state index contributed by atoms with van der Waals surface area (Å²) in [6.45, 7) is 2.90. The molecule has 2 rings (SSSR count). The first-order chi connectivity index (χ1) is 10.8. The average Bonchev–Trinajstić information content (AvgIpc) is 2.70. The number of benzene rings is 1. The monoisotopic (exact) mass is 337 g/mol. The van der Waals surface area contributed by atoms with Gasteiger partial charge in [0.1, 0.15) is 6.54 Å². The number of amides is 2. The van der Waals surface area contributed by atoms with E-state index in [1.54, 1.807) is 13.8 Å². The minimum Gasteiger partial charge on any atom is -0.504 e. The number of carbonyl (C=O) groups is 3. The first-order valence-electron chi connectivity index (χ1n) is 6.74. The van der Waals surface area contributed by atoms with Gasteiger partial charge in [0.25, 0.3) is 11.1 Å². The van der Waals surface area contributed by atoms with Crippen LogP contribution in [0.1, 0.15) is 19.4 Å².